The molecule has 1 rings (SSSR count). The number of halogens is 1. The van der Waals surface area contributed by atoms with Gasteiger partial charge in [0.15, 0.2) is 5.96 Å². The highest BCUT2D eigenvalue weighted by Gasteiger charge is 2.08. The highest BCUT2D eigenvalue weighted by Crippen LogP contribution is 2.12. The fraction of sp³-hybridized carbons (Fsp3) is 0.500. The first kappa shape index (κ1) is 21.5. The number of amides is 1. The van der Waals surface area contributed by atoms with Gasteiger partial charge in [0.1, 0.15) is 12.3 Å². The van der Waals surface area contributed by atoms with E-state index in [9.17, 15) is 4.79 Å². The average Bonchev–Trinajstić information content (AvgIpc) is 2.52. The third kappa shape index (κ3) is 8.06. The lowest BCUT2D eigenvalue weighted by Gasteiger charge is -2.22. The third-order valence-electron chi connectivity index (χ3n) is 3.02. The highest BCUT2D eigenvalue weighted by molar-refractivity contribution is 14.0. The van der Waals surface area contributed by atoms with Gasteiger partial charge in [0.2, 0.25) is 5.91 Å². The maximum atomic E-state index is 11.5. The van der Waals surface area contributed by atoms with Crippen LogP contribution in [0.3, 0.4) is 0 Å². The SMILES string of the molecule is CCNC(=O)CN=C(NCC)N(C)Cc1ccc(OC)cc1.I. The van der Waals surface area contributed by atoms with E-state index in [1.54, 1.807) is 7.11 Å². The van der Waals surface area contributed by atoms with Crippen LogP contribution in [0.4, 0.5) is 0 Å². The molecule has 23 heavy (non-hydrogen) atoms. The fourth-order valence-corrected chi connectivity index (χ4v) is 1.95. The van der Waals surface area contributed by atoms with E-state index in [-0.39, 0.29) is 36.4 Å². The van der Waals surface area contributed by atoms with Gasteiger partial charge >= 0.3 is 0 Å². The van der Waals surface area contributed by atoms with Gasteiger partial charge in [0.25, 0.3) is 0 Å². The Morgan fingerprint density at radius 1 is 1.17 bits per heavy atom. The number of ether oxygens (including phenoxy) is 1. The zero-order chi connectivity index (χ0) is 16.4. The minimum atomic E-state index is -0.0734. The number of rotatable bonds is 7. The van der Waals surface area contributed by atoms with Crippen LogP contribution in [0.25, 0.3) is 0 Å². The van der Waals surface area contributed by atoms with Gasteiger partial charge in [-0.15, -0.1) is 24.0 Å². The first-order valence-corrected chi connectivity index (χ1v) is 7.49. The van der Waals surface area contributed by atoms with Gasteiger partial charge < -0.3 is 20.3 Å². The Bertz CT molecular complexity index is 491. The van der Waals surface area contributed by atoms with Crippen molar-refractivity contribution < 1.29 is 9.53 Å². The standard InChI is InChI=1S/C16H26N4O2.HI/c1-5-17-15(21)11-19-16(18-6-2)20(3)12-13-7-9-14(22-4)10-8-13;/h7-10H,5-6,11-12H2,1-4H3,(H,17,21)(H,18,19);1H. The van der Waals surface area contributed by atoms with Crippen molar-refractivity contribution in [3.05, 3.63) is 29.8 Å². The van der Waals surface area contributed by atoms with Crippen LogP contribution in [0.1, 0.15) is 19.4 Å². The van der Waals surface area contributed by atoms with Crippen molar-refractivity contribution in [3.63, 3.8) is 0 Å². The Hall–Kier alpha value is -1.51. The van der Waals surface area contributed by atoms with Gasteiger partial charge in [-0.3, -0.25) is 4.79 Å². The van der Waals surface area contributed by atoms with Gasteiger partial charge in [-0.05, 0) is 31.5 Å². The summed E-state index contributed by atoms with van der Waals surface area (Å²) in [4.78, 5) is 17.9. The lowest BCUT2D eigenvalue weighted by atomic mass is 10.2. The van der Waals surface area contributed by atoms with Crippen molar-refractivity contribution in [2.45, 2.75) is 20.4 Å². The van der Waals surface area contributed by atoms with Gasteiger partial charge in [-0.25, -0.2) is 4.99 Å². The van der Waals surface area contributed by atoms with E-state index in [0.717, 1.165) is 17.9 Å². The molecule has 0 aliphatic heterocycles. The highest BCUT2D eigenvalue weighted by atomic mass is 127. The average molecular weight is 434 g/mol. The zero-order valence-corrected chi connectivity index (χ0v) is 16.6. The van der Waals surface area contributed by atoms with E-state index in [1.165, 1.54) is 0 Å². The molecular weight excluding hydrogens is 407 g/mol. The largest absolute Gasteiger partial charge is 0.497 e. The molecule has 0 aliphatic rings. The monoisotopic (exact) mass is 434 g/mol. The number of aliphatic imine (C=N–C) groups is 1. The fourth-order valence-electron chi connectivity index (χ4n) is 1.95. The third-order valence-corrected chi connectivity index (χ3v) is 3.02. The molecule has 0 fully saturated rings. The zero-order valence-electron chi connectivity index (χ0n) is 14.3. The molecular formula is C16H27IN4O2. The van der Waals surface area contributed by atoms with Gasteiger partial charge in [-0.1, -0.05) is 12.1 Å². The van der Waals surface area contributed by atoms with E-state index in [0.29, 0.717) is 19.0 Å². The lowest BCUT2D eigenvalue weighted by molar-refractivity contribution is -0.119. The number of carbonyl (C=O) groups excluding carboxylic acids is 1. The van der Waals surface area contributed by atoms with Crippen LogP contribution in [-0.2, 0) is 11.3 Å². The quantitative estimate of drug-likeness (QED) is 0.391. The number of nitrogens with zero attached hydrogens (tertiary/aromatic N) is 2. The Morgan fingerprint density at radius 2 is 1.78 bits per heavy atom. The molecule has 1 amide bonds. The second-order valence-corrected chi connectivity index (χ2v) is 4.83. The van der Waals surface area contributed by atoms with Gasteiger partial charge in [0, 0.05) is 26.7 Å². The molecule has 0 aromatic heterocycles. The first-order chi connectivity index (χ1) is 10.6. The maximum absolute atomic E-state index is 11.5. The molecule has 0 bridgehead atoms. The normalized spacial score (nSPS) is 10.5. The molecule has 0 atom stereocenters. The molecule has 0 saturated carbocycles. The summed E-state index contributed by atoms with van der Waals surface area (Å²) in [6.07, 6.45) is 0. The molecule has 0 heterocycles. The predicted molar refractivity (Wildman–Crippen MR) is 105 cm³/mol. The number of nitrogens with one attached hydrogen (secondary N) is 2. The van der Waals surface area contributed by atoms with Crippen LogP contribution >= 0.6 is 24.0 Å². The topological polar surface area (TPSA) is 66.0 Å². The van der Waals surface area contributed by atoms with E-state index < -0.39 is 0 Å². The number of benzene rings is 1. The summed E-state index contributed by atoms with van der Waals surface area (Å²) in [7, 11) is 3.60. The Labute approximate surface area is 155 Å². The molecule has 0 spiro atoms. The Morgan fingerprint density at radius 3 is 2.30 bits per heavy atom. The summed E-state index contributed by atoms with van der Waals surface area (Å²) in [5, 5.41) is 5.93. The Balaban J connectivity index is 0.00000484. The molecule has 0 saturated heterocycles. The number of methoxy groups -OCH3 is 1. The Kier molecular flexibility index (Phi) is 11.2. The number of hydrogen-bond acceptors (Lipinski definition) is 3. The molecule has 2 N–H and O–H groups in total. The van der Waals surface area contributed by atoms with E-state index in [4.69, 9.17) is 4.74 Å². The summed E-state index contributed by atoms with van der Waals surface area (Å²) in [5.41, 5.74) is 1.15. The summed E-state index contributed by atoms with van der Waals surface area (Å²) < 4.78 is 5.15. The van der Waals surface area contributed by atoms with Crippen LogP contribution in [0.15, 0.2) is 29.3 Å². The van der Waals surface area contributed by atoms with Crippen LogP contribution in [0.2, 0.25) is 0 Å². The maximum Gasteiger partial charge on any atom is 0.241 e. The van der Waals surface area contributed by atoms with Crippen LogP contribution < -0.4 is 15.4 Å². The smallest absolute Gasteiger partial charge is 0.241 e. The van der Waals surface area contributed by atoms with Gasteiger partial charge in [-0.2, -0.15) is 0 Å². The molecule has 1 aromatic rings. The number of hydrogen-bond donors (Lipinski definition) is 2. The summed E-state index contributed by atoms with van der Waals surface area (Å²) >= 11 is 0. The van der Waals surface area contributed by atoms with Crippen LogP contribution in [-0.4, -0.2) is 50.6 Å². The first-order valence-electron chi connectivity index (χ1n) is 7.49. The van der Waals surface area contributed by atoms with E-state index >= 15 is 0 Å². The van der Waals surface area contributed by atoms with Gasteiger partial charge in [0.05, 0.1) is 7.11 Å². The van der Waals surface area contributed by atoms with Crippen molar-refractivity contribution in [2.24, 2.45) is 4.99 Å². The number of guanidine groups is 1. The summed E-state index contributed by atoms with van der Waals surface area (Å²) in [6, 6.07) is 7.90. The molecule has 130 valence electrons. The second kappa shape index (κ2) is 12.0. The molecule has 0 unspecified atom stereocenters. The van der Waals surface area contributed by atoms with Crippen molar-refractivity contribution in [1.29, 1.82) is 0 Å². The van der Waals surface area contributed by atoms with Crippen molar-refractivity contribution in [1.82, 2.24) is 15.5 Å². The summed E-state index contributed by atoms with van der Waals surface area (Å²) in [6.45, 7) is 6.09. The minimum Gasteiger partial charge on any atom is -0.497 e. The van der Waals surface area contributed by atoms with Crippen molar-refractivity contribution >= 4 is 35.8 Å². The second-order valence-electron chi connectivity index (χ2n) is 4.83. The van der Waals surface area contributed by atoms with Crippen LogP contribution in [0.5, 0.6) is 5.75 Å². The van der Waals surface area contributed by atoms with Crippen LogP contribution in [0, 0.1) is 0 Å². The molecule has 1 aromatic carbocycles. The molecule has 0 radical (unpaired) electrons. The lowest BCUT2D eigenvalue weighted by Crippen LogP contribution is -2.39. The molecule has 6 nitrogen and oxygen atoms in total. The predicted octanol–water partition coefficient (Wildman–Crippen LogP) is 1.85. The van der Waals surface area contributed by atoms with Crippen molar-refractivity contribution in [3.8, 4) is 5.75 Å². The minimum absolute atomic E-state index is 0. The van der Waals surface area contributed by atoms with E-state index in [2.05, 4.69) is 15.6 Å². The molecule has 0 aliphatic carbocycles. The summed E-state index contributed by atoms with van der Waals surface area (Å²) in [5.74, 6) is 1.48. The number of likely N-dealkylation sites (N-methyl/N-ethyl adjacent to an activating group) is 1. The van der Waals surface area contributed by atoms with Crippen molar-refractivity contribution in [2.75, 3.05) is 33.8 Å². The molecule has 7 heteroatoms. The number of carbonyl (C=O) groups is 1. The van der Waals surface area contributed by atoms with E-state index in [1.807, 2.05) is 50.1 Å².